The van der Waals surface area contributed by atoms with Crippen LogP contribution in [0.5, 0.6) is 0 Å². The van der Waals surface area contributed by atoms with Crippen molar-refractivity contribution in [2.75, 3.05) is 44.3 Å². The molecule has 32 heavy (non-hydrogen) atoms. The van der Waals surface area contributed by atoms with Crippen molar-refractivity contribution in [1.82, 2.24) is 14.5 Å². The Hall–Kier alpha value is -2.71. The average molecular weight is 441 g/mol. The van der Waals surface area contributed by atoms with Crippen molar-refractivity contribution in [3.8, 4) is 0 Å². The summed E-state index contributed by atoms with van der Waals surface area (Å²) in [5, 5.41) is 11.1. The van der Waals surface area contributed by atoms with Gasteiger partial charge in [0.05, 0.1) is 31.7 Å². The van der Waals surface area contributed by atoms with Crippen molar-refractivity contribution in [3.63, 3.8) is 0 Å². The summed E-state index contributed by atoms with van der Waals surface area (Å²) < 4.78 is 6.82. The van der Waals surface area contributed by atoms with Crippen LogP contribution in [0.1, 0.15) is 37.7 Å². The van der Waals surface area contributed by atoms with E-state index in [1.54, 1.807) is 0 Å². The van der Waals surface area contributed by atoms with Gasteiger partial charge in [0.15, 0.2) is 0 Å². The zero-order chi connectivity index (χ0) is 22.6. The van der Waals surface area contributed by atoms with E-state index >= 15 is 0 Å². The summed E-state index contributed by atoms with van der Waals surface area (Å²) in [6.45, 7) is 5.92. The van der Waals surface area contributed by atoms with E-state index < -0.39 is 5.60 Å². The van der Waals surface area contributed by atoms with Gasteiger partial charge >= 0.3 is 0 Å². The Morgan fingerprint density at radius 2 is 1.84 bits per heavy atom. The van der Waals surface area contributed by atoms with E-state index in [0.717, 1.165) is 5.56 Å². The highest BCUT2D eigenvalue weighted by Crippen LogP contribution is 2.26. The van der Waals surface area contributed by atoms with Gasteiger partial charge in [-0.1, -0.05) is 37.3 Å². The highest BCUT2D eigenvalue weighted by molar-refractivity contribution is 5.77. The number of hydrogen-bond donors (Lipinski definition) is 1. The first-order valence-electron chi connectivity index (χ1n) is 11.4. The minimum Gasteiger partial charge on any atom is -0.388 e. The highest BCUT2D eigenvalue weighted by Gasteiger charge is 2.35. The first-order valence-corrected chi connectivity index (χ1v) is 11.4. The monoisotopic (exact) mass is 440 g/mol. The number of carbonyl (C=O) groups excluding carboxylic acids is 1. The fraction of sp³-hybridized carbons (Fsp3) is 0.542. The predicted molar refractivity (Wildman–Crippen MR) is 122 cm³/mol. The second-order valence-electron chi connectivity index (χ2n) is 8.93. The van der Waals surface area contributed by atoms with Crippen LogP contribution in [0.4, 0.5) is 5.82 Å². The van der Waals surface area contributed by atoms with Crippen LogP contribution in [-0.2, 0) is 16.1 Å². The topological polar surface area (TPSA) is 87.9 Å². The number of piperidine rings is 1. The van der Waals surface area contributed by atoms with Gasteiger partial charge in [-0.05, 0) is 24.3 Å². The molecule has 2 fully saturated rings. The highest BCUT2D eigenvalue weighted by atomic mass is 16.5. The average Bonchev–Trinajstić information content (AvgIpc) is 2.82. The molecule has 2 aromatic rings. The largest absolute Gasteiger partial charge is 0.388 e. The van der Waals surface area contributed by atoms with E-state index in [1.165, 1.54) is 17.0 Å². The summed E-state index contributed by atoms with van der Waals surface area (Å²) in [6.07, 6.45) is 2.85. The van der Waals surface area contributed by atoms with Gasteiger partial charge in [-0.3, -0.25) is 14.2 Å². The number of rotatable bonds is 6. The lowest BCUT2D eigenvalue weighted by molar-refractivity contribution is -0.136. The molecule has 0 radical (unpaired) electrons. The number of likely N-dealkylation sites (tertiary alicyclic amines) is 1. The number of ether oxygens (including phenoxy) is 1. The molecule has 2 aliphatic heterocycles. The van der Waals surface area contributed by atoms with Gasteiger partial charge in [0, 0.05) is 38.7 Å². The number of nitrogens with zero attached hydrogens (tertiary/aromatic N) is 4. The molecule has 1 aromatic carbocycles. The Kier molecular flexibility index (Phi) is 6.91. The fourth-order valence-electron chi connectivity index (χ4n) is 4.44. The third kappa shape index (κ3) is 5.37. The van der Waals surface area contributed by atoms with E-state index in [9.17, 15) is 14.7 Å². The van der Waals surface area contributed by atoms with Crippen molar-refractivity contribution in [2.45, 2.75) is 44.2 Å². The molecular formula is C24H32N4O4. The summed E-state index contributed by atoms with van der Waals surface area (Å²) >= 11 is 0. The quantitative estimate of drug-likeness (QED) is 0.735. The molecule has 8 nitrogen and oxygen atoms in total. The van der Waals surface area contributed by atoms with Crippen molar-refractivity contribution in [3.05, 3.63) is 58.6 Å². The molecule has 1 N–H and O–H groups in total. The summed E-state index contributed by atoms with van der Waals surface area (Å²) in [5.74, 6) is 0.908. The Bertz CT molecular complexity index is 963. The van der Waals surface area contributed by atoms with Crippen LogP contribution in [0.15, 0.2) is 47.5 Å². The summed E-state index contributed by atoms with van der Waals surface area (Å²) in [5.41, 5.74) is -0.0414. The predicted octanol–water partition coefficient (Wildman–Crippen LogP) is 1.63. The summed E-state index contributed by atoms with van der Waals surface area (Å²) in [4.78, 5) is 33.7. The molecular weight excluding hydrogens is 408 g/mol. The van der Waals surface area contributed by atoms with E-state index in [-0.39, 0.29) is 23.9 Å². The SMILES string of the molecule is CC(CC(=O)N1CCC(O)(Cn2cnc(N3CCOCC3)cc2=O)CC1)c1ccccc1. The Morgan fingerprint density at radius 1 is 1.16 bits per heavy atom. The van der Waals surface area contributed by atoms with Crippen LogP contribution in [0.2, 0.25) is 0 Å². The van der Waals surface area contributed by atoms with Crippen LogP contribution in [0, 0.1) is 0 Å². The Morgan fingerprint density at radius 3 is 2.50 bits per heavy atom. The molecule has 8 heteroatoms. The lowest BCUT2D eigenvalue weighted by atomic mass is 9.90. The second-order valence-corrected chi connectivity index (χ2v) is 8.93. The molecule has 4 rings (SSSR count). The first kappa shape index (κ1) is 22.5. The fourth-order valence-corrected chi connectivity index (χ4v) is 4.44. The van der Waals surface area contributed by atoms with Crippen LogP contribution in [-0.4, -0.2) is 70.5 Å². The third-order valence-corrected chi connectivity index (χ3v) is 6.56. The Labute approximate surface area is 188 Å². The second kappa shape index (κ2) is 9.83. The van der Waals surface area contributed by atoms with Gasteiger partial charge < -0.3 is 19.6 Å². The number of anilines is 1. The molecule has 1 atom stereocenters. The molecule has 1 unspecified atom stereocenters. The maximum absolute atomic E-state index is 12.8. The van der Waals surface area contributed by atoms with E-state index in [2.05, 4.69) is 11.9 Å². The zero-order valence-corrected chi connectivity index (χ0v) is 18.7. The van der Waals surface area contributed by atoms with Crippen molar-refractivity contribution < 1.29 is 14.6 Å². The first-order chi connectivity index (χ1) is 15.4. The van der Waals surface area contributed by atoms with Crippen molar-refractivity contribution in [2.24, 2.45) is 0 Å². The maximum atomic E-state index is 12.8. The van der Waals surface area contributed by atoms with Crippen molar-refractivity contribution in [1.29, 1.82) is 0 Å². The number of aliphatic hydroxyl groups is 1. The molecule has 1 amide bonds. The molecule has 0 spiro atoms. The molecule has 0 saturated carbocycles. The maximum Gasteiger partial charge on any atom is 0.255 e. The number of hydrogen-bond acceptors (Lipinski definition) is 6. The number of aromatic nitrogens is 2. The number of amides is 1. The van der Waals surface area contributed by atoms with Gasteiger partial charge in [0.2, 0.25) is 5.91 Å². The van der Waals surface area contributed by atoms with Gasteiger partial charge in [-0.2, -0.15) is 0 Å². The van der Waals surface area contributed by atoms with Crippen LogP contribution in [0.3, 0.4) is 0 Å². The van der Waals surface area contributed by atoms with Crippen LogP contribution >= 0.6 is 0 Å². The lowest BCUT2D eigenvalue weighted by Crippen LogP contribution is -2.49. The van der Waals surface area contributed by atoms with Gasteiger partial charge in [-0.15, -0.1) is 0 Å². The zero-order valence-electron chi connectivity index (χ0n) is 18.7. The molecule has 1 aromatic heterocycles. The summed E-state index contributed by atoms with van der Waals surface area (Å²) in [7, 11) is 0. The Balaban J connectivity index is 1.32. The van der Waals surface area contributed by atoms with Gasteiger partial charge in [0.1, 0.15) is 5.82 Å². The molecule has 172 valence electrons. The van der Waals surface area contributed by atoms with Gasteiger partial charge in [0.25, 0.3) is 5.56 Å². The molecule has 2 aliphatic rings. The minimum absolute atomic E-state index is 0.108. The number of benzene rings is 1. The standard InChI is InChI=1S/C24H32N4O4/c1-19(20-5-3-2-4-6-20)15-22(29)27-9-7-24(31,8-10-27)17-28-18-25-21(16-23(28)30)26-11-13-32-14-12-26/h2-6,16,18-19,31H,7-15,17H2,1H3. The normalized spacial score (nSPS) is 19.6. The van der Waals surface area contributed by atoms with Crippen molar-refractivity contribution >= 4 is 11.7 Å². The molecule has 0 bridgehead atoms. The van der Waals surface area contributed by atoms with Crippen LogP contribution < -0.4 is 10.5 Å². The number of morpholine rings is 1. The molecule has 2 saturated heterocycles. The van der Waals surface area contributed by atoms with E-state index in [1.807, 2.05) is 40.1 Å². The minimum atomic E-state index is -1.02. The molecule has 0 aliphatic carbocycles. The lowest BCUT2D eigenvalue weighted by Gasteiger charge is -2.38. The molecule has 3 heterocycles. The van der Waals surface area contributed by atoms with E-state index in [0.29, 0.717) is 64.5 Å². The summed E-state index contributed by atoms with van der Waals surface area (Å²) in [6, 6.07) is 11.6. The smallest absolute Gasteiger partial charge is 0.255 e. The number of carbonyl (C=O) groups is 1. The van der Waals surface area contributed by atoms with E-state index in [4.69, 9.17) is 4.74 Å². The van der Waals surface area contributed by atoms with Crippen LogP contribution in [0.25, 0.3) is 0 Å². The van der Waals surface area contributed by atoms with Gasteiger partial charge in [-0.25, -0.2) is 4.98 Å². The third-order valence-electron chi connectivity index (χ3n) is 6.56.